The fourth-order valence-corrected chi connectivity index (χ4v) is 1.44. The summed E-state index contributed by atoms with van der Waals surface area (Å²) in [6, 6.07) is 0. The lowest BCUT2D eigenvalue weighted by Crippen LogP contribution is -2.25. The van der Waals surface area contributed by atoms with Crippen LogP contribution in [0.3, 0.4) is 0 Å². The fraction of sp³-hybridized carbons (Fsp3) is 0.700. The standard InChI is InChI=1S/C10H19NO3S/c1-5-15(13,14)11-8-6-7-9(12)10(2,3)4/h5,11H,1,6-8H2,2-4H3. The van der Waals surface area contributed by atoms with E-state index in [4.69, 9.17) is 0 Å². The van der Waals surface area contributed by atoms with E-state index in [9.17, 15) is 13.2 Å². The number of nitrogens with one attached hydrogen (secondary N) is 1. The predicted octanol–water partition coefficient (Wildman–Crippen LogP) is 1.44. The summed E-state index contributed by atoms with van der Waals surface area (Å²) in [5.41, 5.74) is -0.350. The number of carbonyl (C=O) groups is 1. The SMILES string of the molecule is C=CS(=O)(=O)NCCCC(=O)C(C)(C)C. The van der Waals surface area contributed by atoms with Gasteiger partial charge in [-0.05, 0) is 6.42 Å². The number of carbonyl (C=O) groups excluding carboxylic acids is 1. The van der Waals surface area contributed by atoms with E-state index in [1.807, 2.05) is 20.8 Å². The quantitative estimate of drug-likeness (QED) is 0.706. The van der Waals surface area contributed by atoms with E-state index in [0.717, 1.165) is 5.41 Å². The first-order valence-corrected chi connectivity index (χ1v) is 6.39. The maximum atomic E-state index is 11.5. The van der Waals surface area contributed by atoms with Crippen molar-refractivity contribution in [2.24, 2.45) is 5.41 Å². The second kappa shape index (κ2) is 5.42. The molecule has 0 fully saturated rings. The molecule has 0 aromatic rings. The molecule has 1 N–H and O–H groups in total. The van der Waals surface area contributed by atoms with Crippen LogP contribution < -0.4 is 4.72 Å². The summed E-state index contributed by atoms with van der Waals surface area (Å²) < 4.78 is 24.2. The summed E-state index contributed by atoms with van der Waals surface area (Å²) in [6.07, 6.45) is 0.909. The third-order valence-corrected chi connectivity index (χ3v) is 2.99. The van der Waals surface area contributed by atoms with Crippen LogP contribution in [0.5, 0.6) is 0 Å². The van der Waals surface area contributed by atoms with Crippen molar-refractivity contribution >= 4 is 15.8 Å². The molecule has 0 radical (unpaired) electrons. The van der Waals surface area contributed by atoms with Crippen LogP contribution in [0.15, 0.2) is 12.0 Å². The van der Waals surface area contributed by atoms with Crippen molar-refractivity contribution in [3.63, 3.8) is 0 Å². The number of sulfonamides is 1. The Morgan fingerprint density at radius 1 is 1.40 bits per heavy atom. The van der Waals surface area contributed by atoms with Gasteiger partial charge in [0.05, 0.1) is 0 Å². The van der Waals surface area contributed by atoms with Gasteiger partial charge in [0.15, 0.2) is 0 Å². The van der Waals surface area contributed by atoms with Crippen LogP contribution in [-0.4, -0.2) is 20.7 Å². The Balaban J connectivity index is 3.84. The molecule has 0 bridgehead atoms. The highest BCUT2D eigenvalue weighted by Gasteiger charge is 2.20. The fourth-order valence-electron chi connectivity index (χ4n) is 0.897. The molecule has 0 spiro atoms. The number of Topliss-reactive ketones (excluding diaryl/α,β-unsaturated/α-hetero) is 1. The molecule has 0 unspecified atom stereocenters. The van der Waals surface area contributed by atoms with Crippen LogP contribution in [0.25, 0.3) is 0 Å². The lowest BCUT2D eigenvalue weighted by molar-refractivity contribution is -0.126. The van der Waals surface area contributed by atoms with Crippen LogP contribution >= 0.6 is 0 Å². The third-order valence-electron chi connectivity index (χ3n) is 1.94. The summed E-state index contributed by atoms with van der Waals surface area (Å²) in [5, 5.41) is 0.860. The highest BCUT2D eigenvalue weighted by Crippen LogP contribution is 2.17. The molecular formula is C10H19NO3S. The largest absolute Gasteiger partial charge is 0.299 e. The Morgan fingerprint density at radius 2 is 1.93 bits per heavy atom. The predicted molar refractivity (Wildman–Crippen MR) is 60.8 cm³/mol. The van der Waals surface area contributed by atoms with Crippen LogP contribution in [0, 0.1) is 5.41 Å². The van der Waals surface area contributed by atoms with Crippen LogP contribution in [0.1, 0.15) is 33.6 Å². The monoisotopic (exact) mass is 233 g/mol. The Bertz CT molecular complexity index is 325. The van der Waals surface area contributed by atoms with Gasteiger partial charge >= 0.3 is 0 Å². The van der Waals surface area contributed by atoms with Crippen LogP contribution in [0.4, 0.5) is 0 Å². The van der Waals surface area contributed by atoms with E-state index in [-0.39, 0.29) is 17.7 Å². The number of rotatable bonds is 6. The molecule has 0 aliphatic rings. The van der Waals surface area contributed by atoms with Gasteiger partial charge in [0.25, 0.3) is 0 Å². The second-order valence-electron chi connectivity index (χ2n) is 4.38. The van der Waals surface area contributed by atoms with Gasteiger partial charge < -0.3 is 0 Å². The van der Waals surface area contributed by atoms with Crippen molar-refractivity contribution < 1.29 is 13.2 Å². The summed E-state index contributed by atoms with van der Waals surface area (Å²) in [4.78, 5) is 11.5. The summed E-state index contributed by atoms with van der Waals surface area (Å²) in [5.74, 6) is 0.139. The van der Waals surface area contributed by atoms with Gasteiger partial charge in [-0.3, -0.25) is 4.79 Å². The van der Waals surface area contributed by atoms with Crippen LogP contribution in [-0.2, 0) is 14.8 Å². The van der Waals surface area contributed by atoms with Crippen molar-refractivity contribution in [1.82, 2.24) is 4.72 Å². The van der Waals surface area contributed by atoms with Gasteiger partial charge in [-0.15, -0.1) is 0 Å². The summed E-state index contributed by atoms with van der Waals surface area (Å²) in [7, 11) is -3.35. The van der Waals surface area contributed by atoms with Gasteiger partial charge in [-0.2, -0.15) is 0 Å². The highest BCUT2D eigenvalue weighted by atomic mass is 32.2. The first-order valence-electron chi connectivity index (χ1n) is 4.84. The average molecular weight is 233 g/mol. The van der Waals surface area contributed by atoms with E-state index >= 15 is 0 Å². The molecule has 0 rings (SSSR count). The molecule has 5 heteroatoms. The molecule has 15 heavy (non-hydrogen) atoms. The molecule has 0 aliphatic heterocycles. The Morgan fingerprint density at radius 3 is 2.33 bits per heavy atom. The zero-order valence-electron chi connectivity index (χ0n) is 9.54. The summed E-state index contributed by atoms with van der Waals surface area (Å²) >= 11 is 0. The first-order chi connectivity index (χ1) is 6.69. The van der Waals surface area contributed by atoms with Crippen LogP contribution in [0.2, 0.25) is 0 Å². The molecule has 4 nitrogen and oxygen atoms in total. The van der Waals surface area contributed by atoms with Gasteiger partial charge in [0.2, 0.25) is 10.0 Å². The molecule has 0 aromatic heterocycles. The number of hydrogen-bond acceptors (Lipinski definition) is 3. The number of hydrogen-bond donors (Lipinski definition) is 1. The molecule has 0 amide bonds. The first kappa shape index (κ1) is 14.3. The van der Waals surface area contributed by atoms with Crippen molar-refractivity contribution in [1.29, 1.82) is 0 Å². The highest BCUT2D eigenvalue weighted by molar-refractivity contribution is 7.92. The van der Waals surface area contributed by atoms with Gasteiger partial charge in [0, 0.05) is 23.8 Å². The van der Waals surface area contributed by atoms with E-state index in [0.29, 0.717) is 12.8 Å². The lowest BCUT2D eigenvalue weighted by Gasteiger charge is -2.16. The molecule has 88 valence electrons. The van der Waals surface area contributed by atoms with E-state index < -0.39 is 10.0 Å². The summed E-state index contributed by atoms with van der Waals surface area (Å²) in [6.45, 7) is 8.99. The number of ketones is 1. The minimum absolute atomic E-state index is 0.139. The zero-order chi connectivity index (χ0) is 12.1. The van der Waals surface area contributed by atoms with E-state index in [1.54, 1.807) is 0 Å². The van der Waals surface area contributed by atoms with Crippen molar-refractivity contribution in [2.45, 2.75) is 33.6 Å². The van der Waals surface area contributed by atoms with Gasteiger partial charge in [-0.25, -0.2) is 13.1 Å². The second-order valence-corrected chi connectivity index (χ2v) is 6.09. The van der Waals surface area contributed by atoms with Gasteiger partial charge in [0.1, 0.15) is 5.78 Å². The van der Waals surface area contributed by atoms with Crippen molar-refractivity contribution in [3.8, 4) is 0 Å². The molecular weight excluding hydrogens is 214 g/mol. The topological polar surface area (TPSA) is 63.2 Å². The van der Waals surface area contributed by atoms with Gasteiger partial charge in [-0.1, -0.05) is 27.4 Å². The molecule has 0 saturated carbocycles. The average Bonchev–Trinajstić information content (AvgIpc) is 2.10. The third kappa shape index (κ3) is 6.41. The maximum Gasteiger partial charge on any atom is 0.233 e. The minimum atomic E-state index is -3.35. The minimum Gasteiger partial charge on any atom is -0.299 e. The molecule has 0 saturated heterocycles. The molecule has 0 atom stereocenters. The smallest absolute Gasteiger partial charge is 0.233 e. The molecule has 0 aromatic carbocycles. The zero-order valence-corrected chi connectivity index (χ0v) is 10.4. The van der Waals surface area contributed by atoms with Crippen molar-refractivity contribution in [3.05, 3.63) is 12.0 Å². The molecule has 0 aliphatic carbocycles. The van der Waals surface area contributed by atoms with E-state index in [1.165, 1.54) is 0 Å². The van der Waals surface area contributed by atoms with E-state index in [2.05, 4.69) is 11.3 Å². The Hall–Kier alpha value is -0.680. The Labute approximate surface area is 91.8 Å². The Kier molecular flexibility index (Phi) is 5.17. The maximum absolute atomic E-state index is 11.5. The van der Waals surface area contributed by atoms with Crippen molar-refractivity contribution in [2.75, 3.05) is 6.54 Å². The lowest BCUT2D eigenvalue weighted by atomic mass is 9.88. The normalized spacial score (nSPS) is 12.5. The molecule has 0 heterocycles.